The van der Waals surface area contributed by atoms with Crippen molar-refractivity contribution in [2.75, 3.05) is 32.1 Å². The second kappa shape index (κ2) is 12.2. The van der Waals surface area contributed by atoms with E-state index in [1.165, 1.54) is 4.90 Å². The third-order valence-electron chi connectivity index (χ3n) is 4.96. The van der Waals surface area contributed by atoms with Crippen molar-refractivity contribution in [3.05, 3.63) is 64.4 Å². The molecule has 0 saturated heterocycles. The maximum atomic E-state index is 13.1. The van der Waals surface area contributed by atoms with Crippen molar-refractivity contribution in [2.24, 2.45) is 0 Å². The van der Waals surface area contributed by atoms with Crippen molar-refractivity contribution in [1.82, 2.24) is 15.2 Å². The summed E-state index contributed by atoms with van der Waals surface area (Å²) in [7, 11) is -3.65. The Balaban J connectivity index is 1.61. The summed E-state index contributed by atoms with van der Waals surface area (Å²) in [4.78, 5) is 18.5. The Morgan fingerprint density at radius 1 is 1.14 bits per heavy atom. The molecular weight excluding hydrogens is 570 g/mol. The zero-order chi connectivity index (χ0) is 26.3. The van der Waals surface area contributed by atoms with Crippen LogP contribution in [0.15, 0.2) is 64.2 Å². The maximum absolute atomic E-state index is 13.1. The molecule has 0 fully saturated rings. The van der Waals surface area contributed by atoms with Gasteiger partial charge in [0.05, 0.1) is 11.4 Å². The molecule has 0 radical (unpaired) electrons. The van der Waals surface area contributed by atoms with E-state index in [0.29, 0.717) is 20.6 Å². The highest BCUT2D eigenvalue weighted by atomic mass is 79.9. The molecule has 0 unspecified atom stereocenters. The van der Waals surface area contributed by atoms with E-state index in [1.54, 1.807) is 69.6 Å². The van der Waals surface area contributed by atoms with Gasteiger partial charge in [0.1, 0.15) is 23.8 Å². The summed E-state index contributed by atoms with van der Waals surface area (Å²) >= 11 is 9.27. The first-order valence-corrected chi connectivity index (χ1v) is 14.1. The van der Waals surface area contributed by atoms with Crippen LogP contribution in [0.3, 0.4) is 0 Å². The Bertz CT molecular complexity index is 1300. The highest BCUT2D eigenvalue weighted by Gasteiger charge is 2.23. The summed E-state index contributed by atoms with van der Waals surface area (Å²) in [5.74, 6) is 0.342. The molecule has 11 heteroatoms. The van der Waals surface area contributed by atoms with Crippen LogP contribution in [0.25, 0.3) is 10.8 Å². The number of benzene rings is 2. The fourth-order valence-electron chi connectivity index (χ4n) is 3.32. The molecule has 0 aliphatic rings. The van der Waals surface area contributed by atoms with Gasteiger partial charge in [-0.1, -0.05) is 27.5 Å². The molecule has 0 spiro atoms. The van der Waals surface area contributed by atoms with Gasteiger partial charge in [-0.15, -0.1) is 0 Å². The molecule has 194 valence electrons. The van der Waals surface area contributed by atoms with Gasteiger partial charge >= 0.3 is 6.09 Å². The number of pyridine rings is 1. The third-order valence-corrected chi connectivity index (χ3v) is 7.26. The highest BCUT2D eigenvalue weighted by molar-refractivity contribution is 9.10. The largest absolute Gasteiger partial charge is 0.492 e. The SMILES string of the molecule is CC(C)(C)OC(=O)N(CCNCS(=O)(=O)c1cc(Br)cc2cnccc12)CCOc1ccc(Cl)cc1. The van der Waals surface area contributed by atoms with Crippen LogP contribution in [0.5, 0.6) is 5.75 Å². The third kappa shape index (κ3) is 8.33. The molecule has 1 N–H and O–H groups in total. The number of hydrogen-bond donors (Lipinski definition) is 1. The number of ether oxygens (including phenoxy) is 2. The summed E-state index contributed by atoms with van der Waals surface area (Å²) in [6.07, 6.45) is 2.68. The Hall–Kier alpha value is -2.40. The predicted octanol–water partition coefficient (Wildman–Crippen LogP) is 5.29. The molecule has 3 rings (SSSR count). The van der Waals surface area contributed by atoms with Crippen LogP contribution in [0.4, 0.5) is 4.79 Å². The molecule has 1 heterocycles. The molecule has 0 aliphatic carbocycles. The summed E-state index contributed by atoms with van der Waals surface area (Å²) in [5.41, 5.74) is -0.667. The van der Waals surface area contributed by atoms with Gasteiger partial charge in [0.25, 0.3) is 0 Å². The quantitative estimate of drug-likeness (QED) is 0.317. The monoisotopic (exact) mass is 597 g/mol. The van der Waals surface area contributed by atoms with Crippen LogP contribution in [0.2, 0.25) is 5.02 Å². The minimum absolute atomic E-state index is 0.210. The molecule has 1 amide bonds. The molecule has 2 aromatic carbocycles. The Morgan fingerprint density at radius 3 is 2.56 bits per heavy atom. The van der Waals surface area contributed by atoms with E-state index in [4.69, 9.17) is 21.1 Å². The number of amides is 1. The number of fused-ring (bicyclic) bond motifs is 1. The van der Waals surface area contributed by atoms with Gasteiger partial charge in [0, 0.05) is 45.8 Å². The molecule has 3 aromatic rings. The topological polar surface area (TPSA) is 97.8 Å². The van der Waals surface area contributed by atoms with Crippen molar-refractivity contribution >= 4 is 54.2 Å². The maximum Gasteiger partial charge on any atom is 0.410 e. The van der Waals surface area contributed by atoms with E-state index in [-0.39, 0.29) is 37.0 Å². The van der Waals surface area contributed by atoms with Crippen LogP contribution >= 0.6 is 27.5 Å². The molecule has 8 nitrogen and oxygen atoms in total. The number of sulfone groups is 1. The van der Waals surface area contributed by atoms with Crippen LogP contribution in [0.1, 0.15) is 20.8 Å². The first kappa shape index (κ1) is 28.2. The Kier molecular flexibility index (Phi) is 9.57. The van der Waals surface area contributed by atoms with Crippen LogP contribution in [-0.4, -0.2) is 62.1 Å². The molecule has 0 bridgehead atoms. The lowest BCUT2D eigenvalue weighted by molar-refractivity contribution is 0.0229. The summed E-state index contributed by atoms with van der Waals surface area (Å²) in [5, 5.41) is 4.88. The molecule has 36 heavy (non-hydrogen) atoms. The summed E-state index contributed by atoms with van der Waals surface area (Å²) in [6.45, 7) is 6.33. The van der Waals surface area contributed by atoms with Gasteiger partial charge in [0.2, 0.25) is 0 Å². The van der Waals surface area contributed by atoms with Crippen molar-refractivity contribution in [2.45, 2.75) is 31.3 Å². The highest BCUT2D eigenvalue weighted by Crippen LogP contribution is 2.27. The zero-order valence-electron chi connectivity index (χ0n) is 20.3. The molecule has 0 saturated carbocycles. The van der Waals surface area contributed by atoms with Gasteiger partial charge in [-0.05, 0) is 63.2 Å². The van der Waals surface area contributed by atoms with Crippen molar-refractivity contribution in [1.29, 1.82) is 0 Å². The number of carbonyl (C=O) groups excluding carboxylic acids is 1. The lowest BCUT2D eigenvalue weighted by atomic mass is 10.2. The number of nitrogens with one attached hydrogen (secondary N) is 1. The van der Waals surface area contributed by atoms with Crippen molar-refractivity contribution < 1.29 is 22.7 Å². The van der Waals surface area contributed by atoms with Gasteiger partial charge in [0.15, 0.2) is 9.84 Å². The van der Waals surface area contributed by atoms with Gasteiger partial charge in [-0.3, -0.25) is 4.98 Å². The number of aromatic nitrogens is 1. The second-order valence-electron chi connectivity index (χ2n) is 9.03. The number of hydrogen-bond acceptors (Lipinski definition) is 7. The Morgan fingerprint density at radius 2 is 1.86 bits per heavy atom. The number of nitrogens with zero attached hydrogens (tertiary/aromatic N) is 2. The molecule has 0 atom stereocenters. The van der Waals surface area contributed by atoms with Gasteiger partial charge < -0.3 is 19.7 Å². The lowest BCUT2D eigenvalue weighted by Crippen LogP contribution is -2.43. The summed E-state index contributed by atoms with van der Waals surface area (Å²) in [6, 6.07) is 12.0. The standard InChI is InChI=1S/C25H29BrClN3O5S/c1-25(2,3)35-24(31)30(12-13-34-21-6-4-20(27)5-7-21)11-10-29-17-36(32,33)23-15-19(26)14-18-16-28-9-8-22(18)23/h4-9,14-16,29H,10-13,17H2,1-3H3. The van der Waals surface area contributed by atoms with E-state index in [0.717, 1.165) is 5.39 Å². The Labute approximate surface area is 225 Å². The zero-order valence-corrected chi connectivity index (χ0v) is 23.5. The van der Waals surface area contributed by atoms with Gasteiger partial charge in [-0.2, -0.15) is 0 Å². The first-order chi connectivity index (χ1) is 16.9. The number of carbonyl (C=O) groups is 1. The van der Waals surface area contributed by atoms with E-state index in [9.17, 15) is 13.2 Å². The smallest absolute Gasteiger partial charge is 0.410 e. The predicted molar refractivity (Wildman–Crippen MR) is 144 cm³/mol. The van der Waals surface area contributed by atoms with Crippen molar-refractivity contribution in [3.63, 3.8) is 0 Å². The average molecular weight is 599 g/mol. The van der Waals surface area contributed by atoms with E-state index >= 15 is 0 Å². The molecule has 1 aromatic heterocycles. The average Bonchev–Trinajstić information content (AvgIpc) is 2.80. The van der Waals surface area contributed by atoms with E-state index in [1.807, 2.05) is 6.07 Å². The molecule has 0 aliphatic heterocycles. The lowest BCUT2D eigenvalue weighted by Gasteiger charge is -2.27. The first-order valence-electron chi connectivity index (χ1n) is 11.3. The van der Waals surface area contributed by atoms with Crippen LogP contribution in [-0.2, 0) is 14.6 Å². The minimum atomic E-state index is -3.65. The van der Waals surface area contributed by atoms with E-state index in [2.05, 4.69) is 26.2 Å². The minimum Gasteiger partial charge on any atom is -0.492 e. The normalized spacial score (nSPS) is 11.9. The fraction of sp³-hybridized carbons (Fsp3) is 0.360. The second-order valence-corrected chi connectivity index (χ2v) is 12.3. The van der Waals surface area contributed by atoms with Gasteiger partial charge in [-0.25, -0.2) is 13.2 Å². The fourth-order valence-corrected chi connectivity index (χ4v) is 5.47. The summed E-state index contributed by atoms with van der Waals surface area (Å²) < 4.78 is 38.0. The van der Waals surface area contributed by atoms with Crippen LogP contribution < -0.4 is 10.1 Å². The van der Waals surface area contributed by atoms with Crippen molar-refractivity contribution in [3.8, 4) is 5.75 Å². The number of halogens is 2. The van der Waals surface area contributed by atoms with E-state index < -0.39 is 21.5 Å². The van der Waals surface area contributed by atoms with Crippen LogP contribution in [0, 0.1) is 0 Å². The number of rotatable bonds is 10. The molecular formula is C25H29BrClN3O5S.